The van der Waals surface area contributed by atoms with Gasteiger partial charge < -0.3 is 24.9 Å². The molecule has 1 aromatic heterocycles. The second-order valence-electron chi connectivity index (χ2n) is 7.68. The molecule has 0 fully saturated rings. The van der Waals surface area contributed by atoms with E-state index in [9.17, 15) is 9.90 Å². The predicted octanol–water partition coefficient (Wildman–Crippen LogP) is 2.59. The van der Waals surface area contributed by atoms with Crippen LogP contribution in [0.4, 0.5) is 0 Å². The molecule has 0 unspecified atom stereocenters. The van der Waals surface area contributed by atoms with Crippen LogP contribution in [0.1, 0.15) is 31.0 Å². The molecule has 0 amide bonds. The van der Waals surface area contributed by atoms with E-state index < -0.39 is 17.7 Å². The standard InChI is InChI=1S/C22H24N2O4/c1-22(2)20(25)18(23)17-19(28-22)15-6-4-5-7-16(15)24(21(17)26)12-13-8-10-14(27-3)11-9-13/h4-11,18,20,25H,12,23H2,1-3H3/t18-,20+/m0/s1. The van der Waals surface area contributed by atoms with E-state index in [2.05, 4.69) is 0 Å². The summed E-state index contributed by atoms with van der Waals surface area (Å²) < 4.78 is 13.0. The molecule has 0 aliphatic carbocycles. The Labute approximate surface area is 163 Å². The number of nitrogens with two attached hydrogens (primary N) is 1. The highest BCUT2D eigenvalue weighted by atomic mass is 16.5. The molecule has 0 spiro atoms. The number of hydrogen-bond acceptors (Lipinski definition) is 5. The Morgan fingerprint density at radius 1 is 1.18 bits per heavy atom. The smallest absolute Gasteiger partial charge is 0.260 e. The van der Waals surface area contributed by atoms with Crippen LogP contribution in [0, 0.1) is 0 Å². The minimum Gasteiger partial charge on any atom is -0.497 e. The quantitative estimate of drug-likeness (QED) is 0.729. The van der Waals surface area contributed by atoms with Gasteiger partial charge in [-0.2, -0.15) is 0 Å². The molecule has 0 bridgehead atoms. The molecule has 0 saturated heterocycles. The van der Waals surface area contributed by atoms with Gasteiger partial charge in [-0.25, -0.2) is 0 Å². The van der Waals surface area contributed by atoms with Crippen molar-refractivity contribution in [2.24, 2.45) is 5.73 Å². The van der Waals surface area contributed by atoms with Gasteiger partial charge in [0, 0.05) is 5.39 Å². The predicted molar refractivity (Wildman–Crippen MR) is 108 cm³/mol. The summed E-state index contributed by atoms with van der Waals surface area (Å²) in [7, 11) is 1.62. The average molecular weight is 380 g/mol. The van der Waals surface area contributed by atoms with Crippen molar-refractivity contribution in [1.82, 2.24) is 4.57 Å². The van der Waals surface area contributed by atoms with Crippen molar-refractivity contribution in [1.29, 1.82) is 0 Å². The number of methoxy groups -OCH3 is 1. The van der Waals surface area contributed by atoms with E-state index in [1.54, 1.807) is 25.5 Å². The third-order valence-corrected chi connectivity index (χ3v) is 5.41. The molecule has 2 aromatic carbocycles. The number of para-hydroxylation sites is 1. The summed E-state index contributed by atoms with van der Waals surface area (Å²) in [5.74, 6) is 1.22. The lowest BCUT2D eigenvalue weighted by atomic mass is 9.87. The van der Waals surface area contributed by atoms with Crippen molar-refractivity contribution in [2.75, 3.05) is 7.11 Å². The molecule has 28 heavy (non-hydrogen) atoms. The van der Waals surface area contributed by atoms with E-state index in [0.29, 0.717) is 17.9 Å². The lowest BCUT2D eigenvalue weighted by Gasteiger charge is -2.41. The maximum atomic E-state index is 13.4. The number of ether oxygens (including phenoxy) is 2. The number of benzene rings is 2. The maximum absolute atomic E-state index is 13.4. The highest BCUT2D eigenvalue weighted by Gasteiger charge is 2.43. The lowest BCUT2D eigenvalue weighted by molar-refractivity contribution is -0.0567. The monoisotopic (exact) mass is 380 g/mol. The van der Waals surface area contributed by atoms with Crippen molar-refractivity contribution in [2.45, 2.75) is 38.1 Å². The number of hydrogen-bond donors (Lipinski definition) is 2. The van der Waals surface area contributed by atoms with Gasteiger partial charge in [0.15, 0.2) is 0 Å². The SMILES string of the molecule is COc1ccc(Cn2c(=O)c3c(c4ccccc42)OC(C)(C)[C@H](O)[C@H]3N)cc1. The van der Waals surface area contributed by atoms with E-state index >= 15 is 0 Å². The molecule has 0 saturated carbocycles. The van der Waals surface area contributed by atoms with Crippen molar-refractivity contribution in [3.05, 3.63) is 70.0 Å². The second kappa shape index (κ2) is 6.65. The molecule has 6 nitrogen and oxygen atoms in total. The largest absolute Gasteiger partial charge is 0.497 e. The van der Waals surface area contributed by atoms with Crippen LogP contribution >= 0.6 is 0 Å². The number of aromatic nitrogens is 1. The van der Waals surface area contributed by atoms with E-state index in [1.807, 2.05) is 48.5 Å². The Hall–Kier alpha value is -2.83. The Bertz CT molecular complexity index is 1090. The zero-order chi connectivity index (χ0) is 20.1. The van der Waals surface area contributed by atoms with Crippen LogP contribution in [0.25, 0.3) is 10.9 Å². The van der Waals surface area contributed by atoms with E-state index in [1.165, 1.54) is 0 Å². The van der Waals surface area contributed by atoms with E-state index in [-0.39, 0.29) is 5.56 Å². The Balaban J connectivity index is 1.93. The van der Waals surface area contributed by atoms with Crippen molar-refractivity contribution in [3.63, 3.8) is 0 Å². The summed E-state index contributed by atoms with van der Waals surface area (Å²) in [6, 6.07) is 14.4. The molecular formula is C22H24N2O4. The van der Waals surface area contributed by atoms with Crippen LogP contribution in [-0.2, 0) is 6.54 Å². The first-order valence-electron chi connectivity index (χ1n) is 9.24. The molecule has 2 heterocycles. The third-order valence-electron chi connectivity index (χ3n) is 5.41. The number of aliphatic hydroxyl groups is 1. The molecule has 1 aliphatic rings. The van der Waals surface area contributed by atoms with E-state index in [0.717, 1.165) is 22.2 Å². The summed E-state index contributed by atoms with van der Waals surface area (Å²) in [4.78, 5) is 13.4. The van der Waals surface area contributed by atoms with Gasteiger partial charge in [-0.15, -0.1) is 0 Å². The normalized spacial score (nSPS) is 20.5. The van der Waals surface area contributed by atoms with Crippen molar-refractivity contribution < 1.29 is 14.6 Å². The minimum absolute atomic E-state index is 0.244. The molecule has 1 aliphatic heterocycles. The summed E-state index contributed by atoms with van der Waals surface area (Å²) in [6.45, 7) is 3.93. The topological polar surface area (TPSA) is 86.7 Å². The van der Waals surface area contributed by atoms with Gasteiger partial charge in [-0.3, -0.25) is 4.79 Å². The summed E-state index contributed by atoms with van der Waals surface area (Å²) in [6.07, 6.45) is -0.983. The van der Waals surface area contributed by atoms with Crippen molar-refractivity contribution >= 4 is 10.9 Å². The summed E-state index contributed by atoms with van der Waals surface area (Å²) >= 11 is 0. The second-order valence-corrected chi connectivity index (χ2v) is 7.68. The molecule has 0 radical (unpaired) electrons. The zero-order valence-corrected chi connectivity index (χ0v) is 16.2. The molecule has 3 N–H and O–H groups in total. The van der Waals surface area contributed by atoms with E-state index in [4.69, 9.17) is 15.2 Å². The number of pyridine rings is 1. The zero-order valence-electron chi connectivity index (χ0n) is 16.2. The first-order valence-corrected chi connectivity index (χ1v) is 9.24. The van der Waals surface area contributed by atoms with Gasteiger partial charge in [0.25, 0.3) is 5.56 Å². The molecular weight excluding hydrogens is 356 g/mol. The number of nitrogens with zero attached hydrogens (tertiary/aromatic N) is 1. The fraction of sp³-hybridized carbons (Fsp3) is 0.318. The number of rotatable bonds is 3. The van der Waals surface area contributed by atoms with Crippen LogP contribution < -0.4 is 20.8 Å². The Morgan fingerprint density at radius 3 is 2.54 bits per heavy atom. The third kappa shape index (κ3) is 2.85. The van der Waals surface area contributed by atoms with Gasteiger partial charge in [-0.1, -0.05) is 24.3 Å². The highest BCUT2D eigenvalue weighted by Crippen LogP contribution is 2.41. The van der Waals surface area contributed by atoms with Gasteiger partial charge in [-0.05, 0) is 43.7 Å². The molecule has 6 heteroatoms. The number of aliphatic hydroxyl groups excluding tert-OH is 1. The van der Waals surface area contributed by atoms with Gasteiger partial charge in [0.05, 0.1) is 30.8 Å². The molecule has 146 valence electrons. The summed E-state index contributed by atoms with van der Waals surface area (Å²) in [5, 5.41) is 11.4. The fourth-order valence-electron chi connectivity index (χ4n) is 3.79. The Morgan fingerprint density at radius 2 is 1.86 bits per heavy atom. The van der Waals surface area contributed by atoms with Gasteiger partial charge in [0.1, 0.15) is 23.2 Å². The molecule has 4 rings (SSSR count). The van der Waals surface area contributed by atoms with Crippen LogP contribution in [0.15, 0.2) is 53.3 Å². The lowest BCUT2D eigenvalue weighted by Crippen LogP contribution is -2.53. The Kier molecular flexibility index (Phi) is 4.40. The molecule has 3 aromatic rings. The van der Waals surface area contributed by atoms with Crippen LogP contribution in [0.3, 0.4) is 0 Å². The summed E-state index contributed by atoms with van der Waals surface area (Å²) in [5.41, 5.74) is 7.21. The van der Waals surface area contributed by atoms with Crippen LogP contribution in [-0.4, -0.2) is 28.5 Å². The number of fused-ring (bicyclic) bond motifs is 3. The van der Waals surface area contributed by atoms with Crippen LogP contribution in [0.5, 0.6) is 11.5 Å². The first kappa shape index (κ1) is 18.5. The average Bonchev–Trinajstić information content (AvgIpc) is 2.69. The van der Waals surface area contributed by atoms with Crippen LogP contribution in [0.2, 0.25) is 0 Å². The molecule has 2 atom stereocenters. The van der Waals surface area contributed by atoms with Gasteiger partial charge in [0.2, 0.25) is 0 Å². The minimum atomic E-state index is -0.983. The van der Waals surface area contributed by atoms with Gasteiger partial charge >= 0.3 is 0 Å². The van der Waals surface area contributed by atoms with Crippen molar-refractivity contribution in [3.8, 4) is 11.5 Å². The maximum Gasteiger partial charge on any atom is 0.260 e. The highest BCUT2D eigenvalue weighted by molar-refractivity contribution is 5.87. The first-order chi connectivity index (χ1) is 13.3. The fourth-order valence-corrected chi connectivity index (χ4v) is 3.79.